The number of aromatic nitrogens is 1. The number of benzene rings is 2. The molecule has 0 saturated heterocycles. The number of esters is 1. The molecule has 0 aliphatic heterocycles. The molecular weight excluding hydrogens is 384 g/mol. The SMILES string of the molecule is CC(C)(C)NC(=O)COC(=O)[C@@](C)(Cc1nc2ccccc2s1)c1ccccc1. The lowest BCUT2D eigenvalue weighted by Crippen LogP contribution is -2.44. The zero-order valence-electron chi connectivity index (χ0n) is 17.2. The predicted octanol–water partition coefficient (Wildman–Crippen LogP) is 4.25. The molecule has 29 heavy (non-hydrogen) atoms. The highest BCUT2D eigenvalue weighted by Crippen LogP contribution is 2.33. The van der Waals surface area contributed by atoms with E-state index in [1.807, 2.05) is 82.3 Å². The Morgan fingerprint density at radius 3 is 2.31 bits per heavy atom. The average Bonchev–Trinajstić information content (AvgIpc) is 3.07. The Kier molecular flexibility index (Phi) is 6.03. The molecule has 0 fully saturated rings. The Morgan fingerprint density at radius 2 is 1.66 bits per heavy atom. The second-order valence-corrected chi connectivity index (χ2v) is 9.44. The van der Waals surface area contributed by atoms with Crippen molar-refractivity contribution in [2.45, 2.75) is 45.1 Å². The third kappa shape index (κ3) is 5.21. The number of amides is 1. The summed E-state index contributed by atoms with van der Waals surface area (Å²) in [5, 5.41) is 3.66. The average molecular weight is 411 g/mol. The second kappa shape index (κ2) is 8.33. The Bertz CT molecular complexity index is 975. The summed E-state index contributed by atoms with van der Waals surface area (Å²) >= 11 is 1.57. The molecule has 3 rings (SSSR count). The van der Waals surface area contributed by atoms with E-state index in [2.05, 4.69) is 10.3 Å². The Hall–Kier alpha value is -2.73. The minimum Gasteiger partial charge on any atom is -0.455 e. The van der Waals surface area contributed by atoms with Crippen molar-refractivity contribution < 1.29 is 14.3 Å². The molecule has 1 atom stereocenters. The number of hydrogen-bond acceptors (Lipinski definition) is 5. The molecule has 6 heteroatoms. The fraction of sp³-hybridized carbons (Fsp3) is 0.348. The number of nitrogens with zero attached hydrogens (tertiary/aromatic N) is 1. The lowest BCUT2D eigenvalue weighted by atomic mass is 9.79. The van der Waals surface area contributed by atoms with Crippen LogP contribution in [0.25, 0.3) is 10.2 Å². The number of thiazole rings is 1. The van der Waals surface area contributed by atoms with Crippen LogP contribution in [0.15, 0.2) is 54.6 Å². The molecule has 5 nitrogen and oxygen atoms in total. The molecule has 2 aromatic carbocycles. The van der Waals surface area contributed by atoms with Crippen LogP contribution in [0.4, 0.5) is 0 Å². The summed E-state index contributed by atoms with van der Waals surface area (Å²) in [5.74, 6) is -0.756. The third-order valence-corrected chi connectivity index (χ3v) is 5.59. The number of carbonyl (C=O) groups excluding carboxylic acids is 2. The first kappa shape index (κ1) is 21.0. The summed E-state index contributed by atoms with van der Waals surface area (Å²) in [6.45, 7) is 7.19. The molecule has 0 spiro atoms. The van der Waals surface area contributed by atoms with Gasteiger partial charge in [0.15, 0.2) is 6.61 Å². The van der Waals surface area contributed by atoms with E-state index in [0.717, 1.165) is 20.8 Å². The maximum absolute atomic E-state index is 13.1. The predicted molar refractivity (Wildman–Crippen MR) is 116 cm³/mol. The van der Waals surface area contributed by atoms with Crippen molar-refractivity contribution in [1.29, 1.82) is 0 Å². The fourth-order valence-corrected chi connectivity index (χ4v) is 4.26. The smallest absolute Gasteiger partial charge is 0.317 e. The van der Waals surface area contributed by atoms with Crippen LogP contribution in [0.3, 0.4) is 0 Å². The second-order valence-electron chi connectivity index (χ2n) is 8.32. The number of para-hydroxylation sites is 1. The normalized spacial score (nSPS) is 13.7. The fourth-order valence-electron chi connectivity index (χ4n) is 3.14. The molecule has 0 bridgehead atoms. The van der Waals surface area contributed by atoms with Crippen molar-refractivity contribution in [1.82, 2.24) is 10.3 Å². The third-order valence-electron chi connectivity index (χ3n) is 4.55. The monoisotopic (exact) mass is 410 g/mol. The first-order chi connectivity index (χ1) is 13.7. The van der Waals surface area contributed by atoms with Gasteiger partial charge in [-0.15, -0.1) is 11.3 Å². The number of fused-ring (bicyclic) bond motifs is 1. The van der Waals surface area contributed by atoms with Crippen LogP contribution in [0.1, 0.15) is 38.3 Å². The standard InChI is InChI=1S/C23H26N2O3S/c1-22(2,3)25-19(26)15-28-21(27)23(4,16-10-6-5-7-11-16)14-20-24-17-12-8-9-13-18(17)29-20/h5-13H,14-15H2,1-4H3,(H,25,26)/t23-/m0/s1. The van der Waals surface area contributed by atoms with Crippen molar-refractivity contribution in [3.8, 4) is 0 Å². The summed E-state index contributed by atoms with van der Waals surface area (Å²) < 4.78 is 6.52. The maximum Gasteiger partial charge on any atom is 0.317 e. The van der Waals surface area contributed by atoms with Crippen molar-refractivity contribution in [3.05, 3.63) is 65.2 Å². The molecule has 152 valence electrons. The number of nitrogens with one attached hydrogen (secondary N) is 1. The van der Waals surface area contributed by atoms with E-state index in [9.17, 15) is 9.59 Å². The van der Waals surface area contributed by atoms with Gasteiger partial charge in [-0.1, -0.05) is 42.5 Å². The zero-order chi connectivity index (χ0) is 21.1. The van der Waals surface area contributed by atoms with Gasteiger partial charge in [-0.3, -0.25) is 9.59 Å². The molecule has 0 saturated carbocycles. The van der Waals surface area contributed by atoms with Crippen molar-refractivity contribution in [2.75, 3.05) is 6.61 Å². The number of carbonyl (C=O) groups is 2. The van der Waals surface area contributed by atoms with Gasteiger partial charge in [0, 0.05) is 12.0 Å². The summed E-state index contributed by atoms with van der Waals surface area (Å²) in [5.41, 5.74) is 0.422. The lowest BCUT2D eigenvalue weighted by Gasteiger charge is -2.27. The summed E-state index contributed by atoms with van der Waals surface area (Å²) in [6, 6.07) is 17.4. The molecule has 0 radical (unpaired) electrons. The first-order valence-electron chi connectivity index (χ1n) is 9.56. The highest BCUT2D eigenvalue weighted by atomic mass is 32.1. The van der Waals surface area contributed by atoms with Crippen LogP contribution in [-0.4, -0.2) is 29.0 Å². The largest absolute Gasteiger partial charge is 0.455 e. The molecule has 1 N–H and O–H groups in total. The van der Waals surface area contributed by atoms with E-state index in [1.54, 1.807) is 11.3 Å². The highest BCUT2D eigenvalue weighted by Gasteiger charge is 2.38. The van der Waals surface area contributed by atoms with Crippen LogP contribution in [0.5, 0.6) is 0 Å². The van der Waals surface area contributed by atoms with Gasteiger partial charge in [-0.2, -0.15) is 0 Å². The van der Waals surface area contributed by atoms with E-state index >= 15 is 0 Å². The van der Waals surface area contributed by atoms with Gasteiger partial charge in [0.05, 0.1) is 20.6 Å². The molecule has 0 unspecified atom stereocenters. The molecule has 1 aromatic heterocycles. The Balaban J connectivity index is 1.83. The number of ether oxygens (including phenoxy) is 1. The molecular formula is C23H26N2O3S. The minimum absolute atomic E-state index is 0.307. The molecule has 3 aromatic rings. The van der Waals surface area contributed by atoms with Crippen molar-refractivity contribution in [3.63, 3.8) is 0 Å². The van der Waals surface area contributed by atoms with Gasteiger partial charge in [-0.05, 0) is 45.4 Å². The van der Waals surface area contributed by atoms with E-state index in [0.29, 0.717) is 6.42 Å². The van der Waals surface area contributed by atoms with Crippen molar-refractivity contribution >= 4 is 33.4 Å². The number of rotatable bonds is 6. The maximum atomic E-state index is 13.1. The summed E-state index contributed by atoms with van der Waals surface area (Å²) in [6.07, 6.45) is 0.399. The van der Waals surface area contributed by atoms with E-state index in [-0.39, 0.29) is 18.1 Å². The van der Waals surface area contributed by atoms with Gasteiger partial charge in [0.2, 0.25) is 0 Å². The van der Waals surface area contributed by atoms with Crippen LogP contribution < -0.4 is 5.32 Å². The first-order valence-corrected chi connectivity index (χ1v) is 10.4. The summed E-state index contributed by atoms with van der Waals surface area (Å²) in [7, 11) is 0. The van der Waals surface area contributed by atoms with Gasteiger partial charge in [0.25, 0.3) is 5.91 Å². The highest BCUT2D eigenvalue weighted by molar-refractivity contribution is 7.18. The topological polar surface area (TPSA) is 68.3 Å². The van der Waals surface area contributed by atoms with Crippen LogP contribution >= 0.6 is 11.3 Å². The minimum atomic E-state index is -0.947. The van der Waals surface area contributed by atoms with Crippen LogP contribution in [-0.2, 0) is 26.2 Å². The zero-order valence-corrected chi connectivity index (χ0v) is 18.0. The molecule has 0 aliphatic carbocycles. The van der Waals surface area contributed by atoms with E-state index < -0.39 is 11.4 Å². The molecule has 1 heterocycles. The van der Waals surface area contributed by atoms with E-state index in [1.165, 1.54) is 0 Å². The number of hydrogen-bond donors (Lipinski definition) is 1. The van der Waals surface area contributed by atoms with Gasteiger partial charge in [-0.25, -0.2) is 4.98 Å². The quantitative estimate of drug-likeness (QED) is 0.617. The van der Waals surface area contributed by atoms with Crippen LogP contribution in [0, 0.1) is 0 Å². The van der Waals surface area contributed by atoms with E-state index in [4.69, 9.17) is 4.74 Å². The van der Waals surface area contributed by atoms with Crippen LogP contribution in [0.2, 0.25) is 0 Å². The Labute approximate surface area is 175 Å². The van der Waals surface area contributed by atoms with Gasteiger partial charge in [0.1, 0.15) is 0 Å². The summed E-state index contributed by atoms with van der Waals surface area (Å²) in [4.78, 5) is 29.9. The molecule has 0 aliphatic rings. The van der Waals surface area contributed by atoms with Crippen molar-refractivity contribution in [2.24, 2.45) is 0 Å². The Morgan fingerprint density at radius 1 is 1.00 bits per heavy atom. The lowest BCUT2D eigenvalue weighted by molar-refractivity contribution is -0.154. The molecule has 1 amide bonds. The van der Waals surface area contributed by atoms with Gasteiger partial charge < -0.3 is 10.1 Å². The van der Waals surface area contributed by atoms with Gasteiger partial charge >= 0.3 is 5.97 Å².